The van der Waals surface area contributed by atoms with Crippen LogP contribution in [0.3, 0.4) is 0 Å². The Morgan fingerprint density at radius 3 is 2.43 bits per heavy atom. The highest BCUT2D eigenvalue weighted by Gasteiger charge is 2.08. The first-order chi connectivity index (χ1) is 6.84. The van der Waals surface area contributed by atoms with Crippen LogP contribution in [0.5, 0.6) is 0 Å². The molecule has 0 unspecified atom stereocenters. The number of hydrogen-bond donors (Lipinski definition) is 1. The molecule has 1 fully saturated rings. The predicted molar refractivity (Wildman–Crippen MR) is 62.8 cm³/mol. The minimum absolute atomic E-state index is 1.10. The maximum absolute atomic E-state index is 3.37. The third-order valence-corrected chi connectivity index (χ3v) is 2.74. The van der Waals surface area contributed by atoms with Crippen molar-refractivity contribution < 1.29 is 0 Å². The van der Waals surface area contributed by atoms with Gasteiger partial charge in [-0.2, -0.15) is 0 Å². The molecule has 2 rings (SSSR count). The van der Waals surface area contributed by atoms with Crippen molar-refractivity contribution in [1.29, 1.82) is 0 Å². The highest BCUT2D eigenvalue weighted by molar-refractivity contribution is 6.32. The molecule has 1 aromatic carbocycles. The molecule has 1 aliphatic rings. The number of rotatable bonds is 2. The second-order valence-corrected chi connectivity index (χ2v) is 4.01. The molecular weight excluding hydrogens is 171 g/mol. The minimum atomic E-state index is 1.10. The van der Waals surface area contributed by atoms with Crippen molar-refractivity contribution >= 4 is 13.3 Å². The van der Waals surface area contributed by atoms with E-state index < -0.39 is 0 Å². The van der Waals surface area contributed by atoms with Crippen molar-refractivity contribution in [3.63, 3.8) is 0 Å². The van der Waals surface area contributed by atoms with Gasteiger partial charge in [-0.25, -0.2) is 0 Å². The van der Waals surface area contributed by atoms with Gasteiger partial charge in [0.15, 0.2) is 0 Å². The predicted octanol–water partition coefficient (Wildman–Crippen LogP) is -0.650. The molecule has 1 saturated heterocycles. The van der Waals surface area contributed by atoms with E-state index in [2.05, 4.69) is 42.3 Å². The fraction of sp³-hybridized carbons (Fsp3) is 0.455. The lowest BCUT2D eigenvalue weighted by Gasteiger charge is -2.27. The maximum atomic E-state index is 3.37. The SMILES string of the molecule is Bc1ccc(CN2CCNCC2)cc1. The Morgan fingerprint density at radius 1 is 1.14 bits per heavy atom. The maximum Gasteiger partial charge on any atom is 0.139 e. The van der Waals surface area contributed by atoms with Crippen molar-refractivity contribution in [2.45, 2.75) is 6.54 Å². The molecule has 0 bridgehead atoms. The summed E-state index contributed by atoms with van der Waals surface area (Å²) in [6, 6.07) is 8.85. The number of benzene rings is 1. The van der Waals surface area contributed by atoms with Crippen molar-refractivity contribution in [1.82, 2.24) is 10.2 Å². The lowest BCUT2D eigenvalue weighted by molar-refractivity contribution is 0.233. The van der Waals surface area contributed by atoms with Gasteiger partial charge in [0.2, 0.25) is 0 Å². The molecule has 1 N–H and O–H groups in total. The van der Waals surface area contributed by atoms with Crippen molar-refractivity contribution in [2.24, 2.45) is 0 Å². The Morgan fingerprint density at radius 2 is 1.79 bits per heavy atom. The summed E-state index contributed by atoms with van der Waals surface area (Å²) in [5, 5.41) is 3.37. The average molecular weight is 188 g/mol. The molecule has 0 aromatic heterocycles. The Bertz CT molecular complexity index is 278. The van der Waals surface area contributed by atoms with E-state index in [1.807, 2.05) is 0 Å². The number of nitrogens with one attached hydrogen (secondary N) is 1. The van der Waals surface area contributed by atoms with E-state index in [1.54, 1.807) is 0 Å². The first-order valence-electron chi connectivity index (χ1n) is 5.33. The number of hydrogen-bond acceptors (Lipinski definition) is 2. The molecule has 0 atom stereocenters. The zero-order chi connectivity index (χ0) is 9.80. The van der Waals surface area contributed by atoms with Gasteiger partial charge >= 0.3 is 0 Å². The topological polar surface area (TPSA) is 15.3 Å². The van der Waals surface area contributed by atoms with Gasteiger partial charge in [0, 0.05) is 32.7 Å². The van der Waals surface area contributed by atoms with Crippen LogP contribution in [0.25, 0.3) is 0 Å². The first-order valence-corrected chi connectivity index (χ1v) is 5.33. The van der Waals surface area contributed by atoms with E-state index in [4.69, 9.17) is 0 Å². The fourth-order valence-corrected chi connectivity index (χ4v) is 1.82. The first kappa shape index (κ1) is 9.75. The van der Waals surface area contributed by atoms with Gasteiger partial charge in [0.1, 0.15) is 7.85 Å². The molecular formula is C11H17BN2. The van der Waals surface area contributed by atoms with Crippen molar-refractivity contribution in [3.8, 4) is 0 Å². The largest absolute Gasteiger partial charge is 0.314 e. The molecule has 14 heavy (non-hydrogen) atoms. The lowest BCUT2D eigenvalue weighted by atomic mass is 9.95. The summed E-state index contributed by atoms with van der Waals surface area (Å²) in [5.41, 5.74) is 2.77. The monoisotopic (exact) mass is 188 g/mol. The van der Waals surface area contributed by atoms with E-state index in [0.717, 1.165) is 19.6 Å². The Kier molecular flexibility index (Phi) is 3.22. The van der Waals surface area contributed by atoms with Gasteiger partial charge in [-0.3, -0.25) is 4.90 Å². The highest BCUT2D eigenvalue weighted by atomic mass is 15.2. The van der Waals surface area contributed by atoms with E-state index in [-0.39, 0.29) is 0 Å². The Labute approximate surface area is 86.7 Å². The fourth-order valence-electron chi connectivity index (χ4n) is 1.82. The third-order valence-electron chi connectivity index (χ3n) is 2.74. The molecule has 0 saturated carbocycles. The molecule has 1 aliphatic heterocycles. The third kappa shape index (κ3) is 2.60. The number of piperazine rings is 1. The van der Waals surface area contributed by atoms with Crippen LogP contribution in [0.15, 0.2) is 24.3 Å². The molecule has 3 heteroatoms. The van der Waals surface area contributed by atoms with Crippen LogP contribution in [-0.4, -0.2) is 38.9 Å². The van der Waals surface area contributed by atoms with E-state index in [1.165, 1.54) is 24.1 Å². The summed E-state index contributed by atoms with van der Waals surface area (Å²) in [5.74, 6) is 0. The summed E-state index contributed by atoms with van der Waals surface area (Å²) < 4.78 is 0. The molecule has 1 heterocycles. The van der Waals surface area contributed by atoms with Crippen LogP contribution in [0, 0.1) is 0 Å². The van der Waals surface area contributed by atoms with Crippen molar-refractivity contribution in [3.05, 3.63) is 29.8 Å². The standard InChI is InChI=1S/C11H17BN2/c12-11-3-1-10(2-4-11)9-14-7-5-13-6-8-14/h1-4,13H,5-9,12H2. The van der Waals surface area contributed by atoms with Gasteiger partial charge < -0.3 is 5.32 Å². The van der Waals surface area contributed by atoms with Crippen LogP contribution in [0.4, 0.5) is 0 Å². The molecule has 0 radical (unpaired) electrons. The average Bonchev–Trinajstić information content (AvgIpc) is 2.23. The molecule has 0 aliphatic carbocycles. The molecule has 74 valence electrons. The van der Waals surface area contributed by atoms with Gasteiger partial charge in [0.05, 0.1) is 0 Å². The van der Waals surface area contributed by atoms with Gasteiger partial charge in [-0.1, -0.05) is 29.7 Å². The van der Waals surface area contributed by atoms with Crippen LogP contribution in [0.2, 0.25) is 0 Å². The van der Waals surface area contributed by atoms with E-state index >= 15 is 0 Å². The summed E-state index contributed by atoms with van der Waals surface area (Å²) in [7, 11) is 2.13. The molecule has 1 aromatic rings. The highest BCUT2D eigenvalue weighted by Crippen LogP contribution is 2.03. The molecule has 0 amide bonds. The number of nitrogens with zero attached hydrogens (tertiary/aromatic N) is 1. The second-order valence-electron chi connectivity index (χ2n) is 4.01. The zero-order valence-electron chi connectivity index (χ0n) is 8.79. The second kappa shape index (κ2) is 4.62. The van der Waals surface area contributed by atoms with Crippen LogP contribution in [0.1, 0.15) is 5.56 Å². The lowest BCUT2D eigenvalue weighted by Crippen LogP contribution is -2.42. The summed E-state index contributed by atoms with van der Waals surface area (Å²) >= 11 is 0. The summed E-state index contributed by atoms with van der Waals surface area (Å²) in [4.78, 5) is 2.50. The summed E-state index contributed by atoms with van der Waals surface area (Å²) in [6.45, 7) is 5.71. The van der Waals surface area contributed by atoms with E-state index in [9.17, 15) is 0 Å². The van der Waals surface area contributed by atoms with Gasteiger partial charge in [-0.15, -0.1) is 0 Å². The van der Waals surface area contributed by atoms with Crippen LogP contribution >= 0.6 is 0 Å². The van der Waals surface area contributed by atoms with Crippen molar-refractivity contribution in [2.75, 3.05) is 26.2 Å². The Balaban J connectivity index is 1.92. The van der Waals surface area contributed by atoms with Crippen LogP contribution < -0.4 is 10.8 Å². The quantitative estimate of drug-likeness (QED) is 0.620. The molecule has 0 spiro atoms. The minimum Gasteiger partial charge on any atom is -0.314 e. The van der Waals surface area contributed by atoms with Crippen LogP contribution in [-0.2, 0) is 6.54 Å². The zero-order valence-corrected chi connectivity index (χ0v) is 8.79. The summed E-state index contributed by atoms with van der Waals surface area (Å²) in [6.07, 6.45) is 0. The normalized spacial score (nSPS) is 18.3. The Hall–Kier alpha value is -0.795. The van der Waals surface area contributed by atoms with Gasteiger partial charge in [-0.05, 0) is 5.56 Å². The van der Waals surface area contributed by atoms with E-state index in [0.29, 0.717) is 0 Å². The van der Waals surface area contributed by atoms with Gasteiger partial charge in [0.25, 0.3) is 0 Å². The smallest absolute Gasteiger partial charge is 0.139 e. The molecule has 2 nitrogen and oxygen atoms in total.